The summed E-state index contributed by atoms with van der Waals surface area (Å²) in [6, 6.07) is 5.68. The summed E-state index contributed by atoms with van der Waals surface area (Å²) in [5, 5.41) is 3.12. The summed E-state index contributed by atoms with van der Waals surface area (Å²) in [5.41, 5.74) is 1.94. The third-order valence-corrected chi connectivity index (χ3v) is 5.68. The van der Waals surface area contributed by atoms with E-state index in [0.29, 0.717) is 0 Å². The second kappa shape index (κ2) is 9.17. The van der Waals surface area contributed by atoms with Crippen LogP contribution in [0.2, 0.25) is 0 Å². The van der Waals surface area contributed by atoms with Crippen LogP contribution in [0.25, 0.3) is 0 Å². The fraction of sp³-hybridized carbons (Fsp3) is 0.524. The van der Waals surface area contributed by atoms with Gasteiger partial charge in [-0.15, -0.1) is 0 Å². The molecule has 2 fully saturated rings. The van der Waals surface area contributed by atoms with E-state index >= 15 is 0 Å². The maximum atomic E-state index is 12.7. The highest BCUT2D eigenvalue weighted by Gasteiger charge is 2.28. The molecular formula is C21H28N6O2. The molecule has 8 nitrogen and oxygen atoms in total. The zero-order valence-corrected chi connectivity index (χ0v) is 16.8. The van der Waals surface area contributed by atoms with Gasteiger partial charge in [-0.1, -0.05) is 6.07 Å². The number of morpholine rings is 1. The molecule has 0 unspecified atom stereocenters. The molecule has 0 radical (unpaired) electrons. The summed E-state index contributed by atoms with van der Waals surface area (Å²) in [6.45, 7) is 6.75. The van der Waals surface area contributed by atoms with Crippen molar-refractivity contribution in [3.05, 3.63) is 42.6 Å². The lowest BCUT2D eigenvalue weighted by molar-refractivity contribution is -0.126. The highest BCUT2D eigenvalue weighted by atomic mass is 16.5. The Bertz CT molecular complexity index is 804. The molecule has 4 heterocycles. The van der Waals surface area contributed by atoms with Gasteiger partial charge >= 0.3 is 0 Å². The maximum Gasteiger partial charge on any atom is 0.223 e. The number of nitrogens with one attached hydrogen (secondary N) is 1. The molecule has 2 aromatic heterocycles. The molecule has 8 heteroatoms. The molecule has 29 heavy (non-hydrogen) atoms. The molecule has 0 saturated carbocycles. The number of rotatable bonds is 5. The Labute approximate surface area is 171 Å². The number of carbonyl (C=O) groups excluding carboxylic acids is 1. The van der Waals surface area contributed by atoms with Crippen LogP contribution in [-0.4, -0.2) is 60.3 Å². The topological polar surface area (TPSA) is 83.5 Å². The fourth-order valence-electron chi connectivity index (χ4n) is 3.98. The first-order valence-electron chi connectivity index (χ1n) is 10.3. The Balaban J connectivity index is 1.35. The predicted octanol–water partition coefficient (Wildman–Crippen LogP) is 1.80. The quantitative estimate of drug-likeness (QED) is 0.825. The van der Waals surface area contributed by atoms with Crippen molar-refractivity contribution in [2.45, 2.75) is 25.8 Å². The van der Waals surface area contributed by atoms with Gasteiger partial charge in [0.05, 0.1) is 36.8 Å². The molecule has 1 amide bonds. The Hall–Kier alpha value is -2.74. The zero-order valence-electron chi connectivity index (χ0n) is 16.8. The minimum absolute atomic E-state index is 0.0221. The average Bonchev–Trinajstić information content (AvgIpc) is 2.80. The lowest BCUT2D eigenvalue weighted by atomic mass is 9.95. The number of carbonyl (C=O) groups is 1. The maximum absolute atomic E-state index is 12.7. The van der Waals surface area contributed by atoms with Crippen LogP contribution in [0.15, 0.2) is 36.9 Å². The van der Waals surface area contributed by atoms with Gasteiger partial charge in [0.2, 0.25) is 5.91 Å². The smallest absolute Gasteiger partial charge is 0.223 e. The first kappa shape index (κ1) is 19.6. The largest absolute Gasteiger partial charge is 0.378 e. The van der Waals surface area contributed by atoms with Crippen molar-refractivity contribution < 1.29 is 9.53 Å². The molecule has 1 N–H and O–H groups in total. The van der Waals surface area contributed by atoms with E-state index < -0.39 is 0 Å². The van der Waals surface area contributed by atoms with E-state index in [2.05, 4.69) is 30.1 Å². The number of nitrogens with zero attached hydrogens (tertiary/aromatic N) is 5. The van der Waals surface area contributed by atoms with Crippen LogP contribution in [-0.2, 0) is 9.53 Å². The fourth-order valence-corrected chi connectivity index (χ4v) is 3.98. The highest BCUT2D eigenvalue weighted by Crippen LogP contribution is 2.30. The molecule has 2 aliphatic heterocycles. The first-order valence-corrected chi connectivity index (χ1v) is 10.3. The molecule has 2 saturated heterocycles. The molecule has 4 rings (SSSR count). The van der Waals surface area contributed by atoms with Gasteiger partial charge in [0, 0.05) is 38.3 Å². The summed E-state index contributed by atoms with van der Waals surface area (Å²) in [7, 11) is 0. The van der Waals surface area contributed by atoms with Gasteiger partial charge in [-0.3, -0.25) is 9.78 Å². The number of hydrogen-bond donors (Lipinski definition) is 1. The Kier molecular flexibility index (Phi) is 6.19. The molecule has 2 aliphatic rings. The van der Waals surface area contributed by atoms with Crippen molar-refractivity contribution in [1.82, 2.24) is 20.3 Å². The van der Waals surface area contributed by atoms with Crippen molar-refractivity contribution in [2.75, 3.05) is 49.2 Å². The van der Waals surface area contributed by atoms with Gasteiger partial charge in [-0.2, -0.15) is 0 Å². The van der Waals surface area contributed by atoms with Gasteiger partial charge in [0.15, 0.2) is 5.82 Å². The minimum atomic E-state index is -0.0859. The van der Waals surface area contributed by atoms with Crippen molar-refractivity contribution in [2.24, 2.45) is 5.92 Å². The van der Waals surface area contributed by atoms with E-state index in [9.17, 15) is 4.79 Å². The van der Waals surface area contributed by atoms with Crippen molar-refractivity contribution in [3.63, 3.8) is 0 Å². The average molecular weight is 396 g/mol. The number of aromatic nitrogens is 3. The zero-order chi connectivity index (χ0) is 20.1. The molecule has 0 aromatic carbocycles. The lowest BCUT2D eigenvalue weighted by Crippen LogP contribution is -2.43. The predicted molar refractivity (Wildman–Crippen MR) is 111 cm³/mol. The summed E-state index contributed by atoms with van der Waals surface area (Å²) in [5.74, 6) is 1.10. The molecule has 0 bridgehead atoms. The monoisotopic (exact) mass is 396 g/mol. The van der Waals surface area contributed by atoms with E-state index in [4.69, 9.17) is 4.74 Å². The Morgan fingerprint density at radius 1 is 1.14 bits per heavy atom. The molecular weight excluding hydrogens is 368 g/mol. The van der Waals surface area contributed by atoms with Crippen LogP contribution in [0.4, 0.5) is 11.5 Å². The molecule has 2 aromatic rings. The van der Waals surface area contributed by atoms with E-state index in [-0.39, 0.29) is 17.9 Å². The molecule has 1 atom stereocenters. The van der Waals surface area contributed by atoms with Gasteiger partial charge in [-0.25, -0.2) is 9.97 Å². The molecule has 154 valence electrons. The third kappa shape index (κ3) is 4.64. The second-order valence-corrected chi connectivity index (χ2v) is 7.58. The number of amides is 1. The summed E-state index contributed by atoms with van der Waals surface area (Å²) < 4.78 is 5.46. The van der Waals surface area contributed by atoms with Crippen LogP contribution in [0.1, 0.15) is 31.5 Å². The van der Waals surface area contributed by atoms with Crippen LogP contribution < -0.4 is 15.1 Å². The van der Waals surface area contributed by atoms with Crippen molar-refractivity contribution >= 4 is 17.4 Å². The van der Waals surface area contributed by atoms with Crippen molar-refractivity contribution in [3.8, 4) is 0 Å². The minimum Gasteiger partial charge on any atom is -0.378 e. The van der Waals surface area contributed by atoms with Crippen LogP contribution in [0.5, 0.6) is 0 Å². The standard InChI is InChI=1S/C21H28N6O2/c1-16(18-4-2-3-7-23-18)25-21(28)17-5-8-26(9-6-17)19-14-22-15-24-20(19)27-10-12-29-13-11-27/h2-4,7,14-17H,5-6,8-13H2,1H3,(H,25,28)/t16-/m1/s1. The van der Waals surface area contributed by atoms with Gasteiger partial charge in [-0.05, 0) is 31.9 Å². The number of pyridine rings is 1. The summed E-state index contributed by atoms with van der Waals surface area (Å²) in [4.78, 5) is 30.4. The summed E-state index contributed by atoms with van der Waals surface area (Å²) in [6.07, 6.45) is 6.88. The Morgan fingerprint density at radius 2 is 1.93 bits per heavy atom. The highest BCUT2D eigenvalue weighted by molar-refractivity contribution is 5.79. The van der Waals surface area contributed by atoms with E-state index in [0.717, 1.165) is 69.4 Å². The number of anilines is 2. The van der Waals surface area contributed by atoms with Crippen molar-refractivity contribution in [1.29, 1.82) is 0 Å². The van der Waals surface area contributed by atoms with Crippen LogP contribution in [0, 0.1) is 5.92 Å². The number of hydrogen-bond acceptors (Lipinski definition) is 7. The normalized spacial score (nSPS) is 19.1. The second-order valence-electron chi connectivity index (χ2n) is 7.58. The van der Waals surface area contributed by atoms with Crippen LogP contribution in [0.3, 0.4) is 0 Å². The van der Waals surface area contributed by atoms with Gasteiger partial charge < -0.3 is 19.9 Å². The molecule has 0 aliphatic carbocycles. The van der Waals surface area contributed by atoms with E-state index in [1.807, 2.05) is 31.3 Å². The first-order chi connectivity index (χ1) is 14.2. The number of ether oxygens (including phenoxy) is 1. The SMILES string of the molecule is C[C@@H](NC(=O)C1CCN(c2cncnc2N2CCOCC2)CC1)c1ccccn1. The van der Waals surface area contributed by atoms with E-state index in [1.54, 1.807) is 12.5 Å². The third-order valence-electron chi connectivity index (χ3n) is 5.68. The molecule has 0 spiro atoms. The van der Waals surface area contributed by atoms with E-state index in [1.165, 1.54) is 0 Å². The number of piperidine rings is 1. The Morgan fingerprint density at radius 3 is 2.66 bits per heavy atom. The van der Waals surface area contributed by atoms with Gasteiger partial charge in [0.25, 0.3) is 0 Å². The summed E-state index contributed by atoms with van der Waals surface area (Å²) >= 11 is 0. The lowest BCUT2D eigenvalue weighted by Gasteiger charge is -2.36. The van der Waals surface area contributed by atoms with Crippen LogP contribution >= 0.6 is 0 Å². The van der Waals surface area contributed by atoms with Gasteiger partial charge in [0.1, 0.15) is 6.33 Å².